The van der Waals surface area contributed by atoms with Crippen molar-refractivity contribution < 1.29 is 0 Å². The van der Waals surface area contributed by atoms with Crippen LogP contribution < -0.4 is 10.9 Å². The van der Waals surface area contributed by atoms with Crippen LogP contribution in [0.25, 0.3) is 21.9 Å². The highest BCUT2D eigenvalue weighted by Crippen LogP contribution is 2.18. The van der Waals surface area contributed by atoms with Gasteiger partial charge in [-0.2, -0.15) is 0 Å². The molecule has 4 aromatic rings. The molecule has 0 aliphatic rings. The topological polar surface area (TPSA) is 75.6 Å². The van der Waals surface area contributed by atoms with E-state index in [0.29, 0.717) is 12.4 Å². The van der Waals surface area contributed by atoms with Gasteiger partial charge < -0.3 is 14.9 Å². The zero-order valence-corrected chi connectivity index (χ0v) is 13.3. The molecule has 0 atom stereocenters. The lowest BCUT2D eigenvalue weighted by Crippen LogP contribution is -2.24. The number of aryl methyl sites for hydroxylation is 1. The molecule has 4 rings (SSSR count). The number of hydrogen-bond donors (Lipinski definition) is 2. The average Bonchev–Trinajstić information content (AvgIpc) is 3.03. The number of anilines is 1. The van der Waals surface area contributed by atoms with Gasteiger partial charge in [0, 0.05) is 36.9 Å². The van der Waals surface area contributed by atoms with Gasteiger partial charge in [0.2, 0.25) is 0 Å². The van der Waals surface area contributed by atoms with Crippen LogP contribution in [0.1, 0.15) is 5.56 Å². The smallest absolute Gasteiger partial charge is 0.293 e. The Labute approximate surface area is 138 Å². The SMILES string of the molecule is Cn1c(=O)c(NCCc2c[nH]c3ccccc23)nc2ccncc21. The number of nitrogens with zero attached hydrogens (tertiary/aromatic N) is 3. The fourth-order valence-corrected chi connectivity index (χ4v) is 2.94. The van der Waals surface area contributed by atoms with E-state index in [-0.39, 0.29) is 5.56 Å². The molecule has 3 aromatic heterocycles. The highest BCUT2D eigenvalue weighted by molar-refractivity contribution is 5.83. The molecule has 6 heteroatoms. The van der Waals surface area contributed by atoms with Crippen molar-refractivity contribution in [1.29, 1.82) is 0 Å². The van der Waals surface area contributed by atoms with Crippen LogP contribution in [0.2, 0.25) is 0 Å². The second-order valence-corrected chi connectivity index (χ2v) is 5.73. The number of hydrogen-bond acceptors (Lipinski definition) is 4. The Morgan fingerprint density at radius 1 is 1.25 bits per heavy atom. The summed E-state index contributed by atoms with van der Waals surface area (Å²) in [7, 11) is 1.73. The normalized spacial score (nSPS) is 11.2. The molecule has 0 bridgehead atoms. The Morgan fingerprint density at radius 2 is 2.12 bits per heavy atom. The summed E-state index contributed by atoms with van der Waals surface area (Å²) in [4.78, 5) is 24.1. The molecule has 1 aromatic carbocycles. The summed E-state index contributed by atoms with van der Waals surface area (Å²) in [6, 6.07) is 10.0. The molecular formula is C18H17N5O. The van der Waals surface area contributed by atoms with Crippen LogP contribution in [-0.4, -0.2) is 26.1 Å². The van der Waals surface area contributed by atoms with Gasteiger partial charge in [-0.3, -0.25) is 9.78 Å². The molecule has 6 nitrogen and oxygen atoms in total. The minimum absolute atomic E-state index is 0.144. The summed E-state index contributed by atoms with van der Waals surface area (Å²) in [6.45, 7) is 0.640. The van der Waals surface area contributed by atoms with Crippen LogP contribution in [0.5, 0.6) is 0 Å². The minimum atomic E-state index is -0.144. The fourth-order valence-electron chi connectivity index (χ4n) is 2.94. The third-order valence-electron chi connectivity index (χ3n) is 4.24. The maximum atomic E-state index is 12.4. The maximum absolute atomic E-state index is 12.4. The molecule has 0 amide bonds. The monoisotopic (exact) mass is 319 g/mol. The van der Waals surface area contributed by atoms with Gasteiger partial charge in [-0.1, -0.05) is 18.2 Å². The molecule has 0 fully saturated rings. The molecule has 0 radical (unpaired) electrons. The van der Waals surface area contributed by atoms with E-state index in [4.69, 9.17) is 0 Å². The number of nitrogens with one attached hydrogen (secondary N) is 2. The second kappa shape index (κ2) is 5.81. The number of H-pyrrole nitrogens is 1. The predicted molar refractivity (Wildman–Crippen MR) is 95.3 cm³/mol. The summed E-state index contributed by atoms with van der Waals surface area (Å²) < 4.78 is 1.57. The van der Waals surface area contributed by atoms with Crippen molar-refractivity contribution in [3.8, 4) is 0 Å². The van der Waals surface area contributed by atoms with Gasteiger partial charge >= 0.3 is 0 Å². The summed E-state index contributed by atoms with van der Waals surface area (Å²) in [6.07, 6.45) is 6.15. The highest BCUT2D eigenvalue weighted by atomic mass is 16.1. The number of aromatic amines is 1. The molecule has 0 saturated heterocycles. The van der Waals surface area contributed by atoms with E-state index in [2.05, 4.69) is 32.4 Å². The van der Waals surface area contributed by atoms with Crippen LogP contribution in [0, 0.1) is 0 Å². The van der Waals surface area contributed by atoms with Crippen LogP contribution in [0.15, 0.2) is 53.7 Å². The number of para-hydroxylation sites is 1. The van der Waals surface area contributed by atoms with Crippen LogP contribution in [0.3, 0.4) is 0 Å². The molecule has 3 heterocycles. The number of pyridine rings is 1. The zero-order chi connectivity index (χ0) is 16.5. The molecule has 0 unspecified atom stereocenters. The quantitative estimate of drug-likeness (QED) is 0.606. The first-order chi connectivity index (χ1) is 11.7. The van der Waals surface area contributed by atoms with Crippen LogP contribution in [-0.2, 0) is 13.5 Å². The molecule has 0 aliphatic heterocycles. The van der Waals surface area contributed by atoms with Gasteiger partial charge in [-0.25, -0.2) is 4.98 Å². The van der Waals surface area contributed by atoms with Crippen molar-refractivity contribution in [2.45, 2.75) is 6.42 Å². The van der Waals surface area contributed by atoms with Gasteiger partial charge in [-0.05, 0) is 24.1 Å². The van der Waals surface area contributed by atoms with Crippen molar-refractivity contribution in [1.82, 2.24) is 19.5 Å². The van der Waals surface area contributed by atoms with E-state index in [9.17, 15) is 4.79 Å². The molecule has 2 N–H and O–H groups in total. The number of fused-ring (bicyclic) bond motifs is 2. The largest absolute Gasteiger partial charge is 0.365 e. The van der Waals surface area contributed by atoms with E-state index in [1.54, 1.807) is 30.1 Å². The van der Waals surface area contributed by atoms with E-state index < -0.39 is 0 Å². The van der Waals surface area contributed by atoms with Gasteiger partial charge in [0.15, 0.2) is 5.82 Å². The van der Waals surface area contributed by atoms with Crippen LogP contribution >= 0.6 is 0 Å². The molecule has 0 spiro atoms. The standard InChI is InChI=1S/C18H17N5O/c1-23-16-11-19-8-7-15(16)22-17(18(23)24)20-9-6-12-10-21-14-5-3-2-4-13(12)14/h2-5,7-8,10-11,21H,6,9H2,1H3,(H,20,22). The van der Waals surface area contributed by atoms with Gasteiger partial charge in [-0.15, -0.1) is 0 Å². The Hall–Kier alpha value is -3.15. The summed E-state index contributed by atoms with van der Waals surface area (Å²) in [5, 5.41) is 4.38. The van der Waals surface area contributed by atoms with E-state index in [0.717, 1.165) is 23.0 Å². The first-order valence-corrected chi connectivity index (χ1v) is 7.83. The number of aromatic nitrogens is 4. The average molecular weight is 319 g/mol. The van der Waals surface area contributed by atoms with Gasteiger partial charge in [0.1, 0.15) is 0 Å². The van der Waals surface area contributed by atoms with Crippen molar-refractivity contribution in [3.05, 3.63) is 64.8 Å². The first kappa shape index (κ1) is 14.4. The lowest BCUT2D eigenvalue weighted by molar-refractivity contribution is 0.881. The van der Waals surface area contributed by atoms with E-state index in [1.165, 1.54) is 10.9 Å². The van der Waals surface area contributed by atoms with E-state index >= 15 is 0 Å². The summed E-state index contributed by atoms with van der Waals surface area (Å²) in [5.74, 6) is 0.371. The molecule has 0 saturated carbocycles. The summed E-state index contributed by atoms with van der Waals surface area (Å²) in [5.41, 5.74) is 3.68. The van der Waals surface area contributed by atoms with E-state index in [1.807, 2.05) is 18.3 Å². The van der Waals surface area contributed by atoms with Crippen LogP contribution in [0.4, 0.5) is 5.82 Å². The Bertz CT molecular complexity index is 1080. The van der Waals surface area contributed by atoms with Crippen molar-refractivity contribution in [2.24, 2.45) is 7.05 Å². The number of benzene rings is 1. The number of rotatable bonds is 4. The minimum Gasteiger partial charge on any atom is -0.365 e. The second-order valence-electron chi connectivity index (χ2n) is 5.73. The maximum Gasteiger partial charge on any atom is 0.293 e. The lowest BCUT2D eigenvalue weighted by Gasteiger charge is -2.09. The Morgan fingerprint density at radius 3 is 3.04 bits per heavy atom. The van der Waals surface area contributed by atoms with Crippen molar-refractivity contribution in [3.63, 3.8) is 0 Å². The third-order valence-corrected chi connectivity index (χ3v) is 4.24. The third kappa shape index (κ3) is 2.42. The Balaban J connectivity index is 1.57. The fraction of sp³-hybridized carbons (Fsp3) is 0.167. The first-order valence-electron chi connectivity index (χ1n) is 7.83. The zero-order valence-electron chi connectivity index (χ0n) is 13.3. The van der Waals surface area contributed by atoms with Crippen molar-refractivity contribution >= 4 is 27.8 Å². The molecule has 0 aliphatic carbocycles. The predicted octanol–water partition coefficient (Wildman–Crippen LogP) is 2.46. The molecule has 24 heavy (non-hydrogen) atoms. The molecule has 120 valence electrons. The van der Waals surface area contributed by atoms with Gasteiger partial charge in [0.25, 0.3) is 5.56 Å². The Kier molecular flexibility index (Phi) is 3.49. The van der Waals surface area contributed by atoms with Gasteiger partial charge in [0.05, 0.1) is 17.2 Å². The van der Waals surface area contributed by atoms with Crippen molar-refractivity contribution in [2.75, 3.05) is 11.9 Å². The highest BCUT2D eigenvalue weighted by Gasteiger charge is 2.08. The molecular weight excluding hydrogens is 302 g/mol. The summed E-state index contributed by atoms with van der Waals surface area (Å²) >= 11 is 0. The lowest BCUT2D eigenvalue weighted by atomic mass is 10.1.